The first kappa shape index (κ1) is 23.0. The number of hydrogen-bond acceptors (Lipinski definition) is 5. The van der Waals surface area contributed by atoms with Crippen molar-refractivity contribution in [2.45, 2.75) is 50.7 Å². The number of likely N-dealkylation sites (tertiary alicyclic amines) is 1. The molecule has 2 fully saturated rings. The molecule has 174 valence electrons. The highest BCUT2D eigenvalue weighted by atomic mass is 16.5. The van der Waals surface area contributed by atoms with Crippen molar-refractivity contribution in [1.82, 2.24) is 20.0 Å². The molecule has 1 amide bonds. The van der Waals surface area contributed by atoms with E-state index in [9.17, 15) is 4.79 Å². The summed E-state index contributed by atoms with van der Waals surface area (Å²) in [5, 5.41) is 7.59. The molecule has 1 saturated carbocycles. The number of hydrogen-bond donors (Lipinski definition) is 1. The van der Waals surface area contributed by atoms with Crippen molar-refractivity contribution in [2.24, 2.45) is 5.92 Å². The number of benzene rings is 1. The van der Waals surface area contributed by atoms with Gasteiger partial charge in [-0.1, -0.05) is 12.8 Å². The van der Waals surface area contributed by atoms with E-state index in [4.69, 9.17) is 9.47 Å². The number of piperidine rings is 1. The molecule has 0 bridgehead atoms. The minimum Gasteiger partial charge on any atom is -0.382 e. The standard InChI is InChI=1S/C25H36N4O3/c1-31-16-17-32-23-7-4-14-28(19-23)18-21-6-2-3-8-24(21)27-25(30)20-9-11-22(12-10-20)29-15-5-13-26-29/h5,9-13,15,21,23-24H,2-4,6-8,14,16-19H2,1H3,(H,27,30)/t21-,23+,24+/m0/s1. The maximum absolute atomic E-state index is 13.0. The summed E-state index contributed by atoms with van der Waals surface area (Å²) in [4.78, 5) is 15.5. The highest BCUT2D eigenvalue weighted by Crippen LogP contribution is 2.27. The quantitative estimate of drug-likeness (QED) is 0.606. The Hall–Kier alpha value is -2.22. The summed E-state index contributed by atoms with van der Waals surface area (Å²) in [6.45, 7) is 4.45. The lowest BCUT2D eigenvalue weighted by Gasteiger charge is -2.39. The van der Waals surface area contributed by atoms with Gasteiger partial charge in [-0.2, -0.15) is 5.10 Å². The van der Waals surface area contributed by atoms with Gasteiger partial charge in [-0.25, -0.2) is 4.68 Å². The third-order valence-corrected chi connectivity index (χ3v) is 6.72. The van der Waals surface area contributed by atoms with Gasteiger partial charge in [0.1, 0.15) is 0 Å². The zero-order valence-corrected chi connectivity index (χ0v) is 19.1. The molecule has 1 aliphatic carbocycles. The van der Waals surface area contributed by atoms with E-state index in [1.165, 1.54) is 25.7 Å². The Bertz CT molecular complexity index is 824. The van der Waals surface area contributed by atoms with Crippen LogP contribution in [0.25, 0.3) is 5.69 Å². The van der Waals surface area contributed by atoms with Crippen LogP contribution in [0.4, 0.5) is 0 Å². The van der Waals surface area contributed by atoms with Gasteiger partial charge in [0.15, 0.2) is 0 Å². The number of rotatable bonds is 9. The van der Waals surface area contributed by atoms with Crippen LogP contribution in [0.5, 0.6) is 0 Å². The van der Waals surface area contributed by atoms with Crippen LogP contribution >= 0.6 is 0 Å². The number of carbonyl (C=O) groups is 1. The molecule has 0 spiro atoms. The number of amides is 1. The number of aromatic nitrogens is 2. The highest BCUT2D eigenvalue weighted by molar-refractivity contribution is 5.94. The fourth-order valence-corrected chi connectivity index (χ4v) is 5.00. The van der Waals surface area contributed by atoms with Gasteiger partial charge in [0.25, 0.3) is 5.91 Å². The molecule has 1 aliphatic heterocycles. The van der Waals surface area contributed by atoms with Crippen molar-refractivity contribution in [3.63, 3.8) is 0 Å². The van der Waals surface area contributed by atoms with Crippen molar-refractivity contribution in [3.05, 3.63) is 48.3 Å². The Balaban J connectivity index is 1.31. The van der Waals surface area contributed by atoms with Gasteiger partial charge in [-0.05, 0) is 68.5 Å². The van der Waals surface area contributed by atoms with Crippen LogP contribution in [-0.4, -0.2) is 72.7 Å². The molecular weight excluding hydrogens is 404 g/mol. The van der Waals surface area contributed by atoms with Crippen LogP contribution in [0.3, 0.4) is 0 Å². The summed E-state index contributed by atoms with van der Waals surface area (Å²) in [6, 6.07) is 9.78. The van der Waals surface area contributed by atoms with Gasteiger partial charge >= 0.3 is 0 Å². The monoisotopic (exact) mass is 440 g/mol. The lowest BCUT2D eigenvalue weighted by molar-refractivity contribution is -0.0254. The van der Waals surface area contributed by atoms with E-state index in [-0.39, 0.29) is 11.9 Å². The van der Waals surface area contributed by atoms with E-state index in [0.29, 0.717) is 30.8 Å². The van der Waals surface area contributed by atoms with Crippen LogP contribution < -0.4 is 5.32 Å². The van der Waals surface area contributed by atoms with Crippen LogP contribution in [0.15, 0.2) is 42.7 Å². The molecule has 1 saturated heterocycles. The third kappa shape index (κ3) is 6.18. The van der Waals surface area contributed by atoms with Crippen LogP contribution in [-0.2, 0) is 9.47 Å². The first-order chi connectivity index (χ1) is 15.7. The summed E-state index contributed by atoms with van der Waals surface area (Å²) in [5.74, 6) is 0.516. The molecule has 2 aliphatic rings. The second-order valence-electron chi connectivity index (χ2n) is 9.01. The van der Waals surface area contributed by atoms with Gasteiger partial charge in [-0.15, -0.1) is 0 Å². The van der Waals surface area contributed by atoms with Crippen molar-refractivity contribution < 1.29 is 14.3 Å². The van der Waals surface area contributed by atoms with Gasteiger partial charge in [0, 0.05) is 44.2 Å². The van der Waals surface area contributed by atoms with Gasteiger partial charge in [0.05, 0.1) is 25.0 Å². The normalized spacial score (nSPS) is 24.3. The van der Waals surface area contributed by atoms with E-state index in [2.05, 4.69) is 15.3 Å². The van der Waals surface area contributed by atoms with Gasteiger partial charge in [-0.3, -0.25) is 4.79 Å². The fourth-order valence-electron chi connectivity index (χ4n) is 5.00. The average molecular weight is 441 g/mol. The molecule has 0 radical (unpaired) electrons. The third-order valence-electron chi connectivity index (χ3n) is 6.72. The number of nitrogens with one attached hydrogen (secondary N) is 1. The number of carbonyl (C=O) groups excluding carboxylic acids is 1. The Morgan fingerprint density at radius 1 is 1.12 bits per heavy atom. The Kier molecular flexibility index (Phi) is 8.31. The van der Waals surface area contributed by atoms with Crippen molar-refractivity contribution >= 4 is 5.91 Å². The van der Waals surface area contributed by atoms with E-state index < -0.39 is 0 Å². The Morgan fingerprint density at radius 2 is 1.97 bits per heavy atom. The van der Waals surface area contributed by atoms with Crippen LogP contribution in [0.1, 0.15) is 48.9 Å². The predicted octanol–water partition coefficient (Wildman–Crippen LogP) is 3.29. The molecule has 1 N–H and O–H groups in total. The minimum absolute atomic E-state index is 0.0216. The number of methoxy groups -OCH3 is 1. The maximum Gasteiger partial charge on any atom is 0.251 e. The average Bonchev–Trinajstić information content (AvgIpc) is 3.36. The van der Waals surface area contributed by atoms with Crippen molar-refractivity contribution in [2.75, 3.05) is 40.0 Å². The van der Waals surface area contributed by atoms with Gasteiger partial charge < -0.3 is 19.7 Å². The Morgan fingerprint density at radius 3 is 2.75 bits per heavy atom. The minimum atomic E-state index is 0.0216. The lowest BCUT2D eigenvalue weighted by Crippen LogP contribution is -2.49. The number of ether oxygens (including phenoxy) is 2. The predicted molar refractivity (Wildman–Crippen MR) is 124 cm³/mol. The van der Waals surface area contributed by atoms with Gasteiger partial charge in [0.2, 0.25) is 0 Å². The van der Waals surface area contributed by atoms with E-state index >= 15 is 0 Å². The summed E-state index contributed by atoms with van der Waals surface area (Å²) in [6.07, 6.45) is 10.9. The molecule has 4 rings (SSSR count). The molecule has 1 aromatic heterocycles. The first-order valence-electron chi connectivity index (χ1n) is 12.0. The Labute approximate surface area is 191 Å². The van der Waals surface area contributed by atoms with Crippen LogP contribution in [0, 0.1) is 5.92 Å². The second-order valence-corrected chi connectivity index (χ2v) is 9.01. The first-order valence-corrected chi connectivity index (χ1v) is 12.0. The zero-order valence-electron chi connectivity index (χ0n) is 19.1. The zero-order chi connectivity index (χ0) is 22.2. The molecule has 7 nitrogen and oxygen atoms in total. The van der Waals surface area contributed by atoms with Crippen molar-refractivity contribution in [1.29, 1.82) is 0 Å². The van der Waals surface area contributed by atoms with Crippen LogP contribution in [0.2, 0.25) is 0 Å². The fraction of sp³-hybridized carbons (Fsp3) is 0.600. The molecule has 32 heavy (non-hydrogen) atoms. The molecule has 1 aromatic carbocycles. The highest BCUT2D eigenvalue weighted by Gasteiger charge is 2.30. The summed E-state index contributed by atoms with van der Waals surface area (Å²) >= 11 is 0. The van der Waals surface area contributed by atoms with E-state index in [1.807, 2.05) is 36.5 Å². The molecule has 2 heterocycles. The summed E-state index contributed by atoms with van der Waals surface area (Å²) in [5.41, 5.74) is 1.66. The summed E-state index contributed by atoms with van der Waals surface area (Å²) < 4.78 is 12.9. The lowest BCUT2D eigenvalue weighted by atomic mass is 9.83. The molecular formula is C25H36N4O3. The molecule has 3 atom stereocenters. The largest absolute Gasteiger partial charge is 0.382 e. The van der Waals surface area contributed by atoms with Crippen molar-refractivity contribution in [3.8, 4) is 5.69 Å². The number of nitrogens with zero attached hydrogens (tertiary/aromatic N) is 3. The van der Waals surface area contributed by atoms with E-state index in [0.717, 1.165) is 38.2 Å². The summed E-state index contributed by atoms with van der Waals surface area (Å²) in [7, 11) is 1.71. The molecule has 2 aromatic rings. The smallest absolute Gasteiger partial charge is 0.251 e. The topological polar surface area (TPSA) is 68.6 Å². The molecule has 0 unspecified atom stereocenters. The maximum atomic E-state index is 13.0. The SMILES string of the molecule is COCCO[C@@H]1CCCN(C[C@@H]2CCCC[C@H]2NC(=O)c2ccc(-n3cccn3)cc2)C1. The molecule has 7 heteroatoms. The second kappa shape index (κ2) is 11.6. The van der Waals surface area contributed by atoms with E-state index in [1.54, 1.807) is 18.0 Å².